The maximum absolute atomic E-state index is 11.1. The van der Waals surface area contributed by atoms with E-state index in [-0.39, 0.29) is 31.0 Å². The normalized spacial score (nSPS) is 22.7. The maximum Gasteiger partial charge on any atom is 0.335 e. The molecule has 2 atom stereocenters. The van der Waals surface area contributed by atoms with Crippen LogP contribution in [0.25, 0.3) is 0 Å². The molecule has 1 fully saturated rings. The average Bonchev–Trinajstić information content (AvgIpc) is 2.40. The highest BCUT2D eigenvalue weighted by atomic mass is 16.6. The number of hydrogen-bond acceptors (Lipinski definition) is 6. The Morgan fingerprint density at radius 3 is 2.68 bits per heavy atom. The summed E-state index contributed by atoms with van der Waals surface area (Å²) in [5.41, 5.74) is 0.00354. The molecule has 0 aromatic heterocycles. The van der Waals surface area contributed by atoms with Crippen LogP contribution in [0, 0.1) is 10.1 Å². The minimum absolute atomic E-state index is 0.00354. The van der Waals surface area contributed by atoms with E-state index >= 15 is 0 Å². The van der Waals surface area contributed by atoms with Gasteiger partial charge in [-0.1, -0.05) is 0 Å². The molecule has 1 aliphatic heterocycles. The number of carbonyl (C=O) groups excluding carboxylic acids is 1. The smallest absolute Gasteiger partial charge is 0.335 e. The lowest BCUT2D eigenvalue weighted by Crippen LogP contribution is -2.41. The molecule has 0 spiro atoms. The van der Waals surface area contributed by atoms with E-state index in [1.165, 1.54) is 24.3 Å². The third-order valence-corrected chi connectivity index (χ3v) is 2.62. The molecule has 1 aliphatic rings. The SMILES string of the molecule is C[C@@H]1OC(COc2ccc([N+](=O)[O-])cc2)COC1=O. The quantitative estimate of drug-likeness (QED) is 0.464. The second-order valence-electron chi connectivity index (χ2n) is 4.09. The number of nitrogens with zero attached hydrogens (tertiary/aromatic N) is 1. The van der Waals surface area contributed by atoms with E-state index in [1.54, 1.807) is 6.92 Å². The number of cyclic esters (lactones) is 1. The first kappa shape index (κ1) is 13.3. The van der Waals surface area contributed by atoms with E-state index in [4.69, 9.17) is 14.2 Å². The molecule has 0 N–H and O–H groups in total. The van der Waals surface area contributed by atoms with Gasteiger partial charge in [-0.05, 0) is 19.1 Å². The highest BCUT2D eigenvalue weighted by molar-refractivity contribution is 5.74. The predicted octanol–water partition coefficient (Wildman–Crippen LogP) is 1.30. The van der Waals surface area contributed by atoms with Gasteiger partial charge in [-0.25, -0.2) is 4.79 Å². The lowest BCUT2D eigenvalue weighted by molar-refractivity contribution is -0.384. The van der Waals surface area contributed by atoms with Crippen LogP contribution in [0.5, 0.6) is 5.75 Å². The molecule has 2 rings (SSSR count). The van der Waals surface area contributed by atoms with Gasteiger partial charge in [0.1, 0.15) is 25.1 Å². The van der Waals surface area contributed by atoms with Gasteiger partial charge in [-0.2, -0.15) is 0 Å². The fourth-order valence-corrected chi connectivity index (χ4v) is 1.62. The molecule has 19 heavy (non-hydrogen) atoms. The maximum atomic E-state index is 11.1. The highest BCUT2D eigenvalue weighted by Gasteiger charge is 2.27. The minimum Gasteiger partial charge on any atom is -0.491 e. The van der Waals surface area contributed by atoms with E-state index in [2.05, 4.69) is 0 Å². The fourth-order valence-electron chi connectivity index (χ4n) is 1.62. The average molecular weight is 267 g/mol. The zero-order valence-electron chi connectivity index (χ0n) is 10.3. The molecule has 102 valence electrons. The summed E-state index contributed by atoms with van der Waals surface area (Å²) in [5.74, 6) is 0.116. The molecule has 0 radical (unpaired) electrons. The van der Waals surface area contributed by atoms with Crippen LogP contribution in [0.2, 0.25) is 0 Å². The third-order valence-electron chi connectivity index (χ3n) is 2.62. The van der Waals surface area contributed by atoms with Gasteiger partial charge in [0.15, 0.2) is 6.10 Å². The Kier molecular flexibility index (Phi) is 3.96. The summed E-state index contributed by atoms with van der Waals surface area (Å²) in [5, 5.41) is 10.5. The molecule has 1 saturated heterocycles. The molecule has 0 aliphatic carbocycles. The lowest BCUT2D eigenvalue weighted by atomic mass is 10.3. The molecule has 0 saturated carbocycles. The van der Waals surface area contributed by atoms with E-state index in [1.807, 2.05) is 0 Å². The van der Waals surface area contributed by atoms with Crippen molar-refractivity contribution in [3.05, 3.63) is 34.4 Å². The number of non-ortho nitro benzene ring substituents is 1. The monoisotopic (exact) mass is 267 g/mol. The van der Waals surface area contributed by atoms with Crippen LogP contribution in [0.15, 0.2) is 24.3 Å². The first-order valence-corrected chi connectivity index (χ1v) is 5.75. The van der Waals surface area contributed by atoms with Gasteiger partial charge in [0, 0.05) is 12.1 Å². The number of hydrogen-bond donors (Lipinski definition) is 0. The van der Waals surface area contributed by atoms with Gasteiger partial charge in [0.25, 0.3) is 5.69 Å². The second-order valence-corrected chi connectivity index (χ2v) is 4.09. The Hall–Kier alpha value is -2.15. The van der Waals surface area contributed by atoms with Gasteiger partial charge in [-0.15, -0.1) is 0 Å². The van der Waals surface area contributed by atoms with Crippen molar-refractivity contribution >= 4 is 11.7 Å². The van der Waals surface area contributed by atoms with Gasteiger partial charge in [0.2, 0.25) is 0 Å². The van der Waals surface area contributed by atoms with Crippen LogP contribution in [0.3, 0.4) is 0 Å². The van der Waals surface area contributed by atoms with Gasteiger partial charge in [-0.3, -0.25) is 10.1 Å². The Balaban J connectivity index is 1.85. The summed E-state index contributed by atoms with van der Waals surface area (Å²) in [4.78, 5) is 21.1. The fraction of sp³-hybridized carbons (Fsp3) is 0.417. The number of carbonyl (C=O) groups is 1. The van der Waals surface area contributed by atoms with Crippen LogP contribution in [0.4, 0.5) is 5.69 Å². The van der Waals surface area contributed by atoms with Gasteiger partial charge >= 0.3 is 5.97 Å². The number of nitro groups is 1. The van der Waals surface area contributed by atoms with Crippen molar-refractivity contribution in [2.24, 2.45) is 0 Å². The first-order chi connectivity index (χ1) is 9.06. The van der Waals surface area contributed by atoms with Crippen LogP contribution in [0.1, 0.15) is 6.92 Å². The van der Waals surface area contributed by atoms with Gasteiger partial charge < -0.3 is 14.2 Å². The lowest BCUT2D eigenvalue weighted by Gasteiger charge is -2.26. The highest BCUT2D eigenvalue weighted by Crippen LogP contribution is 2.18. The van der Waals surface area contributed by atoms with Crippen molar-refractivity contribution < 1.29 is 23.9 Å². The summed E-state index contributed by atoms with van der Waals surface area (Å²) in [7, 11) is 0. The van der Waals surface area contributed by atoms with Crippen LogP contribution in [-0.4, -0.2) is 36.3 Å². The molecule has 1 unspecified atom stereocenters. The molecule has 7 nitrogen and oxygen atoms in total. The van der Waals surface area contributed by atoms with Crippen molar-refractivity contribution in [3.63, 3.8) is 0 Å². The summed E-state index contributed by atoms with van der Waals surface area (Å²) in [6, 6.07) is 5.74. The number of benzene rings is 1. The topological polar surface area (TPSA) is 87.9 Å². The number of ether oxygens (including phenoxy) is 3. The van der Waals surface area contributed by atoms with E-state index in [9.17, 15) is 14.9 Å². The first-order valence-electron chi connectivity index (χ1n) is 5.75. The molecule has 0 amide bonds. The van der Waals surface area contributed by atoms with Crippen molar-refractivity contribution in [2.75, 3.05) is 13.2 Å². The number of nitro benzene ring substituents is 1. The summed E-state index contributed by atoms with van der Waals surface area (Å²) in [6.07, 6.45) is -0.929. The Morgan fingerprint density at radius 2 is 2.11 bits per heavy atom. The molecule has 1 aromatic carbocycles. The molecular weight excluding hydrogens is 254 g/mol. The van der Waals surface area contributed by atoms with E-state index in [0.29, 0.717) is 5.75 Å². The largest absolute Gasteiger partial charge is 0.491 e. The third kappa shape index (κ3) is 3.41. The zero-order chi connectivity index (χ0) is 13.8. The molecule has 7 heteroatoms. The summed E-state index contributed by atoms with van der Waals surface area (Å²) >= 11 is 0. The molecular formula is C12H13NO6. The van der Waals surface area contributed by atoms with E-state index < -0.39 is 11.0 Å². The molecule has 0 bridgehead atoms. The molecule has 1 heterocycles. The predicted molar refractivity (Wildman–Crippen MR) is 63.9 cm³/mol. The Morgan fingerprint density at radius 1 is 1.42 bits per heavy atom. The standard InChI is InChI=1S/C12H13NO6/c1-8-12(14)18-7-11(19-8)6-17-10-4-2-9(3-5-10)13(15)16/h2-5,8,11H,6-7H2,1H3/t8-,11?/m0/s1. The summed E-state index contributed by atoms with van der Waals surface area (Å²) in [6.45, 7) is 1.98. The second kappa shape index (κ2) is 5.66. The Labute approximate surface area is 109 Å². The van der Waals surface area contributed by atoms with Crippen LogP contribution < -0.4 is 4.74 Å². The minimum atomic E-state index is -0.598. The van der Waals surface area contributed by atoms with Crippen LogP contribution >= 0.6 is 0 Å². The Bertz CT molecular complexity index is 472. The van der Waals surface area contributed by atoms with Crippen molar-refractivity contribution in [1.82, 2.24) is 0 Å². The zero-order valence-corrected chi connectivity index (χ0v) is 10.3. The van der Waals surface area contributed by atoms with Crippen LogP contribution in [-0.2, 0) is 14.3 Å². The van der Waals surface area contributed by atoms with Crippen molar-refractivity contribution in [3.8, 4) is 5.75 Å². The summed E-state index contributed by atoms with van der Waals surface area (Å²) < 4.78 is 15.7. The number of rotatable bonds is 4. The molecule has 1 aromatic rings. The van der Waals surface area contributed by atoms with E-state index in [0.717, 1.165) is 0 Å². The van der Waals surface area contributed by atoms with Crippen molar-refractivity contribution in [2.45, 2.75) is 19.1 Å². The van der Waals surface area contributed by atoms with Gasteiger partial charge in [0.05, 0.1) is 4.92 Å². The number of esters is 1. The van der Waals surface area contributed by atoms with Crippen molar-refractivity contribution in [1.29, 1.82) is 0 Å².